The number of rotatable bonds is 2. The lowest BCUT2D eigenvalue weighted by Gasteiger charge is -2.23. The van der Waals surface area contributed by atoms with Crippen molar-refractivity contribution in [3.8, 4) is 0 Å². The molecule has 31 heavy (non-hydrogen) atoms. The van der Waals surface area contributed by atoms with E-state index in [2.05, 4.69) is 15.0 Å². The highest BCUT2D eigenvalue weighted by Gasteiger charge is 2.32. The minimum atomic E-state index is -0.110. The van der Waals surface area contributed by atoms with Crippen LogP contribution in [0.15, 0.2) is 34.9 Å². The van der Waals surface area contributed by atoms with Gasteiger partial charge in [-0.05, 0) is 44.4 Å². The van der Waals surface area contributed by atoms with Crippen molar-refractivity contribution in [3.63, 3.8) is 0 Å². The molecule has 3 aromatic heterocycles. The monoisotopic (exact) mass is 414 g/mol. The normalized spacial score (nSPS) is 16.6. The molecule has 2 aliphatic rings. The molecule has 6 rings (SSSR count). The van der Waals surface area contributed by atoms with Crippen molar-refractivity contribution in [2.75, 3.05) is 29.9 Å². The number of pyridine rings is 1. The highest BCUT2D eigenvalue weighted by Crippen LogP contribution is 2.41. The van der Waals surface area contributed by atoms with E-state index in [4.69, 9.17) is 14.5 Å². The first-order chi connectivity index (χ1) is 15.1. The van der Waals surface area contributed by atoms with Gasteiger partial charge in [0.2, 0.25) is 0 Å². The smallest absolute Gasteiger partial charge is 0.260 e. The molecule has 0 atom stereocenters. The first-order valence-corrected chi connectivity index (χ1v) is 10.7. The number of carbonyl (C=O) groups is 1. The lowest BCUT2D eigenvalue weighted by Crippen LogP contribution is -2.32. The van der Waals surface area contributed by atoms with E-state index < -0.39 is 0 Å². The summed E-state index contributed by atoms with van der Waals surface area (Å²) in [7, 11) is 2.00. The number of para-hydroxylation sites is 2. The zero-order valence-electron chi connectivity index (χ0n) is 17.5. The molecule has 8 heteroatoms. The molecule has 4 heterocycles. The standard InChI is InChI=1S/C23H22N6O2/c1-13-19-15(12-18(14-8-9-14)26-22(19)31-27-13)23(30)29-11-5-10-28(2)20-21(29)25-17-7-4-3-6-16(17)24-20/h3-4,6-7,12,14H,5,8-11H2,1-2H3. The van der Waals surface area contributed by atoms with Gasteiger partial charge in [0.15, 0.2) is 11.6 Å². The molecule has 0 radical (unpaired) electrons. The number of fused-ring (bicyclic) bond motifs is 3. The molecule has 0 saturated heterocycles. The largest absolute Gasteiger partial charge is 0.357 e. The van der Waals surface area contributed by atoms with Crippen molar-refractivity contribution in [2.24, 2.45) is 0 Å². The lowest BCUT2D eigenvalue weighted by atomic mass is 10.1. The number of aryl methyl sites for hydroxylation is 1. The average Bonchev–Trinajstić information content (AvgIpc) is 3.59. The first-order valence-electron chi connectivity index (χ1n) is 10.7. The third-order valence-electron chi connectivity index (χ3n) is 6.14. The Morgan fingerprint density at radius 2 is 1.81 bits per heavy atom. The zero-order chi connectivity index (χ0) is 21.1. The van der Waals surface area contributed by atoms with Crippen LogP contribution in [-0.4, -0.2) is 46.2 Å². The Kier molecular flexibility index (Phi) is 3.96. The second kappa shape index (κ2) is 6.73. The Balaban J connectivity index is 1.54. The van der Waals surface area contributed by atoms with E-state index in [9.17, 15) is 4.79 Å². The quantitative estimate of drug-likeness (QED) is 0.492. The Hall–Kier alpha value is -3.55. The van der Waals surface area contributed by atoms with Crippen LogP contribution in [0.4, 0.5) is 11.6 Å². The number of hydrogen-bond acceptors (Lipinski definition) is 7. The SMILES string of the molecule is Cc1noc2nc(C3CC3)cc(C(=O)N3CCCN(C)c4nc5ccccc5nc43)c12. The highest BCUT2D eigenvalue weighted by atomic mass is 16.5. The molecule has 8 nitrogen and oxygen atoms in total. The Bertz CT molecular complexity index is 1340. The molecule has 1 aliphatic carbocycles. The van der Waals surface area contributed by atoms with Gasteiger partial charge in [0.25, 0.3) is 11.6 Å². The molecule has 0 unspecified atom stereocenters. The predicted molar refractivity (Wildman–Crippen MR) is 118 cm³/mol. The maximum absolute atomic E-state index is 14.0. The Labute approximate surface area is 178 Å². The second-order valence-corrected chi connectivity index (χ2v) is 8.41. The van der Waals surface area contributed by atoms with E-state index in [1.54, 1.807) is 4.90 Å². The van der Waals surface area contributed by atoms with Crippen LogP contribution in [-0.2, 0) is 0 Å². The van der Waals surface area contributed by atoms with Crippen molar-refractivity contribution in [3.05, 3.63) is 47.3 Å². The minimum Gasteiger partial charge on any atom is -0.357 e. The van der Waals surface area contributed by atoms with E-state index in [1.165, 1.54) is 0 Å². The van der Waals surface area contributed by atoms with Gasteiger partial charge in [0.1, 0.15) is 0 Å². The molecule has 1 aromatic carbocycles. The number of anilines is 2. The third-order valence-corrected chi connectivity index (χ3v) is 6.14. The van der Waals surface area contributed by atoms with Crippen LogP contribution in [0.25, 0.3) is 22.1 Å². The Morgan fingerprint density at radius 3 is 2.55 bits per heavy atom. The predicted octanol–water partition coefficient (Wildman–Crippen LogP) is 3.84. The maximum atomic E-state index is 14.0. The summed E-state index contributed by atoms with van der Waals surface area (Å²) in [6, 6.07) is 9.68. The van der Waals surface area contributed by atoms with Gasteiger partial charge in [0.05, 0.1) is 27.7 Å². The molecular formula is C23H22N6O2. The van der Waals surface area contributed by atoms with Gasteiger partial charge in [0, 0.05) is 31.7 Å². The van der Waals surface area contributed by atoms with Crippen LogP contribution >= 0.6 is 0 Å². The van der Waals surface area contributed by atoms with Crippen molar-refractivity contribution < 1.29 is 9.32 Å². The number of nitrogens with zero attached hydrogens (tertiary/aromatic N) is 6. The van der Waals surface area contributed by atoms with Crippen LogP contribution in [0.5, 0.6) is 0 Å². The maximum Gasteiger partial charge on any atom is 0.260 e. The molecule has 0 N–H and O–H groups in total. The average molecular weight is 414 g/mol. The van der Waals surface area contributed by atoms with E-state index in [1.807, 2.05) is 44.3 Å². The van der Waals surface area contributed by atoms with Crippen molar-refractivity contribution in [1.82, 2.24) is 20.1 Å². The summed E-state index contributed by atoms with van der Waals surface area (Å²) in [5, 5.41) is 4.76. The Morgan fingerprint density at radius 1 is 1.06 bits per heavy atom. The molecular weight excluding hydrogens is 392 g/mol. The number of carbonyl (C=O) groups excluding carboxylic acids is 1. The van der Waals surface area contributed by atoms with Crippen LogP contribution in [0.2, 0.25) is 0 Å². The summed E-state index contributed by atoms with van der Waals surface area (Å²) in [5.74, 6) is 1.60. The van der Waals surface area contributed by atoms with Crippen molar-refractivity contribution >= 4 is 39.7 Å². The molecule has 1 aliphatic heterocycles. The van der Waals surface area contributed by atoms with Gasteiger partial charge < -0.3 is 9.42 Å². The van der Waals surface area contributed by atoms with E-state index >= 15 is 0 Å². The third kappa shape index (κ3) is 2.93. The molecule has 0 bridgehead atoms. The molecule has 1 fully saturated rings. The van der Waals surface area contributed by atoms with Crippen LogP contribution in [0.1, 0.15) is 46.9 Å². The number of hydrogen-bond donors (Lipinski definition) is 0. The fraction of sp³-hybridized carbons (Fsp3) is 0.348. The zero-order valence-corrected chi connectivity index (χ0v) is 17.5. The number of aromatic nitrogens is 4. The molecule has 1 amide bonds. The molecule has 1 saturated carbocycles. The van der Waals surface area contributed by atoms with Crippen LogP contribution in [0.3, 0.4) is 0 Å². The van der Waals surface area contributed by atoms with Crippen molar-refractivity contribution in [2.45, 2.75) is 32.1 Å². The van der Waals surface area contributed by atoms with Crippen LogP contribution in [0, 0.1) is 6.92 Å². The summed E-state index contributed by atoms with van der Waals surface area (Å²) in [4.78, 5) is 32.1. The number of amides is 1. The summed E-state index contributed by atoms with van der Waals surface area (Å²) in [6.07, 6.45) is 3.01. The van der Waals surface area contributed by atoms with Gasteiger partial charge in [-0.25, -0.2) is 15.0 Å². The van der Waals surface area contributed by atoms with E-state index in [0.717, 1.165) is 48.4 Å². The summed E-state index contributed by atoms with van der Waals surface area (Å²) in [5.41, 5.74) is 4.18. The topological polar surface area (TPSA) is 88.3 Å². The molecule has 0 spiro atoms. The number of benzene rings is 1. The molecule has 4 aromatic rings. The summed E-state index contributed by atoms with van der Waals surface area (Å²) >= 11 is 0. The fourth-order valence-electron chi connectivity index (χ4n) is 4.31. The van der Waals surface area contributed by atoms with Gasteiger partial charge in [-0.15, -0.1) is 0 Å². The molecule has 156 valence electrons. The summed E-state index contributed by atoms with van der Waals surface area (Å²) < 4.78 is 5.45. The van der Waals surface area contributed by atoms with Crippen molar-refractivity contribution in [1.29, 1.82) is 0 Å². The van der Waals surface area contributed by atoms with E-state index in [-0.39, 0.29) is 5.91 Å². The minimum absolute atomic E-state index is 0.110. The highest BCUT2D eigenvalue weighted by molar-refractivity contribution is 6.14. The van der Waals surface area contributed by atoms with Gasteiger partial charge in [-0.3, -0.25) is 9.69 Å². The van der Waals surface area contributed by atoms with Gasteiger partial charge >= 0.3 is 0 Å². The second-order valence-electron chi connectivity index (χ2n) is 8.41. The fourth-order valence-corrected chi connectivity index (χ4v) is 4.31. The van der Waals surface area contributed by atoms with E-state index in [0.29, 0.717) is 40.6 Å². The summed E-state index contributed by atoms with van der Waals surface area (Å²) in [6.45, 7) is 3.21. The lowest BCUT2D eigenvalue weighted by molar-refractivity contribution is 0.0988. The van der Waals surface area contributed by atoms with Gasteiger partial charge in [-0.1, -0.05) is 17.3 Å². The van der Waals surface area contributed by atoms with Crippen LogP contribution < -0.4 is 9.80 Å². The first kappa shape index (κ1) is 18.2. The van der Waals surface area contributed by atoms with Gasteiger partial charge in [-0.2, -0.15) is 0 Å².